The summed E-state index contributed by atoms with van der Waals surface area (Å²) in [5.41, 5.74) is 1.94. The summed E-state index contributed by atoms with van der Waals surface area (Å²) in [6.07, 6.45) is 0. The summed E-state index contributed by atoms with van der Waals surface area (Å²) >= 11 is 1.31. The molecule has 0 aliphatic heterocycles. The van der Waals surface area contributed by atoms with Crippen LogP contribution in [-0.4, -0.2) is 5.91 Å². The summed E-state index contributed by atoms with van der Waals surface area (Å²) in [4.78, 5) is 12.3. The number of para-hydroxylation sites is 1. The average Bonchev–Trinajstić information content (AvgIpc) is 3.04. The molecule has 0 atom stereocenters. The number of benzene rings is 1. The third-order valence-corrected chi connectivity index (χ3v) is 3.89. The van der Waals surface area contributed by atoms with Crippen molar-refractivity contribution in [3.05, 3.63) is 52.6 Å². The van der Waals surface area contributed by atoms with Gasteiger partial charge < -0.3 is 9.73 Å². The molecule has 0 spiro atoms. The summed E-state index contributed by atoms with van der Waals surface area (Å²) < 4.78 is 5.59. The van der Waals surface area contributed by atoms with Gasteiger partial charge in [-0.3, -0.25) is 4.79 Å². The Kier molecular flexibility index (Phi) is 3.01. The molecule has 0 unspecified atom stereocenters. The molecule has 0 fully saturated rings. The van der Waals surface area contributed by atoms with E-state index in [1.807, 2.05) is 37.3 Å². The number of fused-ring (bicyclic) bond motifs is 1. The fourth-order valence-corrected chi connectivity index (χ4v) is 2.78. The van der Waals surface area contributed by atoms with E-state index < -0.39 is 0 Å². The lowest BCUT2D eigenvalue weighted by atomic mass is 10.1. The number of carbonyl (C=O) groups is 1. The average molecular weight is 282 g/mol. The fourth-order valence-electron chi connectivity index (χ4n) is 2.04. The number of nitrogens with one attached hydrogen (secondary N) is 1. The second-order valence-electron chi connectivity index (χ2n) is 4.28. The van der Waals surface area contributed by atoms with Crippen molar-refractivity contribution in [1.82, 2.24) is 0 Å². The second-order valence-corrected chi connectivity index (χ2v) is 5.20. The number of carbonyl (C=O) groups excluding carboxylic acids is 1. The molecule has 1 N–H and O–H groups in total. The minimum absolute atomic E-state index is 0.281. The molecule has 0 radical (unpaired) electrons. The predicted octanol–water partition coefficient (Wildman–Crippen LogP) is 3.93. The van der Waals surface area contributed by atoms with Gasteiger partial charge >= 0.3 is 0 Å². The lowest BCUT2D eigenvalue weighted by molar-refractivity contribution is 0.0998. The van der Waals surface area contributed by atoms with E-state index in [-0.39, 0.29) is 11.7 Å². The molecule has 0 saturated carbocycles. The third kappa shape index (κ3) is 1.96. The maximum atomic E-state index is 12.3. The minimum Gasteiger partial charge on any atom is -0.451 e. The molecule has 98 valence electrons. The highest BCUT2D eigenvalue weighted by Gasteiger charge is 2.18. The van der Waals surface area contributed by atoms with Crippen molar-refractivity contribution >= 4 is 33.2 Å². The zero-order valence-electron chi connectivity index (χ0n) is 10.6. The molecule has 0 bridgehead atoms. The molecule has 0 aliphatic carbocycles. The largest absolute Gasteiger partial charge is 0.451 e. The standard InChI is InChI=1S/C15H10N2O2S/c1-9-11-4-2-3-5-12(11)19-13(9)14(18)17-15-10(8-16)6-7-20-15/h2-7H,1H3,(H,17,18). The quantitative estimate of drug-likeness (QED) is 0.774. The van der Waals surface area contributed by atoms with Gasteiger partial charge in [-0.1, -0.05) is 18.2 Å². The molecule has 3 aromatic rings. The highest BCUT2D eigenvalue weighted by molar-refractivity contribution is 7.14. The third-order valence-electron chi connectivity index (χ3n) is 3.06. The van der Waals surface area contributed by atoms with Crippen LogP contribution in [0.15, 0.2) is 40.1 Å². The summed E-state index contributed by atoms with van der Waals surface area (Å²) in [5.74, 6) is -0.0545. The molecule has 4 nitrogen and oxygen atoms in total. The molecule has 20 heavy (non-hydrogen) atoms. The molecule has 2 heterocycles. The Bertz CT molecular complexity index is 839. The molecule has 5 heteroatoms. The minimum atomic E-state index is -0.336. The lowest BCUT2D eigenvalue weighted by Crippen LogP contribution is -2.11. The van der Waals surface area contributed by atoms with Gasteiger partial charge in [0.2, 0.25) is 0 Å². The van der Waals surface area contributed by atoms with E-state index in [4.69, 9.17) is 9.68 Å². The van der Waals surface area contributed by atoms with Gasteiger partial charge in [0.15, 0.2) is 5.76 Å². The van der Waals surface area contributed by atoms with Gasteiger partial charge in [-0.2, -0.15) is 5.26 Å². The van der Waals surface area contributed by atoms with Gasteiger partial charge in [-0.25, -0.2) is 0 Å². The number of thiophene rings is 1. The van der Waals surface area contributed by atoms with Gasteiger partial charge in [0.05, 0.1) is 5.56 Å². The van der Waals surface area contributed by atoms with Crippen LogP contribution >= 0.6 is 11.3 Å². The van der Waals surface area contributed by atoms with Crippen LogP contribution < -0.4 is 5.32 Å². The number of amides is 1. The van der Waals surface area contributed by atoms with Gasteiger partial charge in [0.25, 0.3) is 5.91 Å². The van der Waals surface area contributed by atoms with Crippen LogP contribution in [-0.2, 0) is 0 Å². The highest BCUT2D eigenvalue weighted by Crippen LogP contribution is 2.27. The van der Waals surface area contributed by atoms with E-state index in [9.17, 15) is 4.79 Å². The smallest absolute Gasteiger partial charge is 0.292 e. The van der Waals surface area contributed by atoms with Gasteiger partial charge in [0, 0.05) is 10.9 Å². The summed E-state index contributed by atoms with van der Waals surface area (Å²) in [6.45, 7) is 1.85. The zero-order chi connectivity index (χ0) is 14.1. The van der Waals surface area contributed by atoms with Crippen molar-refractivity contribution in [2.45, 2.75) is 6.92 Å². The molecule has 1 aromatic carbocycles. The lowest BCUT2D eigenvalue weighted by Gasteiger charge is -2.01. The topological polar surface area (TPSA) is 66.0 Å². The molecular formula is C15H10N2O2S. The summed E-state index contributed by atoms with van der Waals surface area (Å²) in [7, 11) is 0. The van der Waals surface area contributed by atoms with Crippen molar-refractivity contribution in [2.24, 2.45) is 0 Å². The van der Waals surface area contributed by atoms with Crippen molar-refractivity contribution in [3.63, 3.8) is 0 Å². The number of hydrogen-bond donors (Lipinski definition) is 1. The van der Waals surface area contributed by atoms with E-state index >= 15 is 0 Å². The van der Waals surface area contributed by atoms with E-state index in [0.717, 1.165) is 10.9 Å². The Hall–Kier alpha value is -2.58. The van der Waals surface area contributed by atoms with Gasteiger partial charge in [0.1, 0.15) is 16.7 Å². The van der Waals surface area contributed by atoms with Gasteiger partial charge in [-0.05, 0) is 24.4 Å². The van der Waals surface area contributed by atoms with Crippen LogP contribution in [0.4, 0.5) is 5.00 Å². The van der Waals surface area contributed by atoms with Crippen molar-refractivity contribution in [1.29, 1.82) is 5.26 Å². The number of rotatable bonds is 2. The number of nitriles is 1. The molecule has 1 amide bonds. The highest BCUT2D eigenvalue weighted by atomic mass is 32.1. The molecule has 0 aliphatic rings. The Morgan fingerprint density at radius 1 is 1.35 bits per heavy atom. The molecular weight excluding hydrogens is 272 g/mol. The summed E-state index contributed by atoms with van der Waals surface area (Å²) in [6, 6.07) is 11.2. The first-order valence-corrected chi connectivity index (χ1v) is 6.85. The van der Waals surface area contributed by atoms with Crippen molar-refractivity contribution in [3.8, 4) is 6.07 Å². The van der Waals surface area contributed by atoms with Crippen molar-refractivity contribution < 1.29 is 9.21 Å². The number of aryl methyl sites for hydroxylation is 1. The first kappa shape index (κ1) is 12.5. The molecule has 3 rings (SSSR count). The van der Waals surface area contributed by atoms with Crippen LogP contribution in [0.3, 0.4) is 0 Å². The number of anilines is 1. The van der Waals surface area contributed by atoms with Crippen LogP contribution in [0, 0.1) is 18.3 Å². The predicted molar refractivity (Wildman–Crippen MR) is 77.9 cm³/mol. The van der Waals surface area contributed by atoms with E-state index in [2.05, 4.69) is 5.32 Å². The van der Waals surface area contributed by atoms with Crippen LogP contribution in [0.25, 0.3) is 11.0 Å². The van der Waals surface area contributed by atoms with Crippen LogP contribution in [0.1, 0.15) is 21.7 Å². The molecule has 2 aromatic heterocycles. The first-order chi connectivity index (χ1) is 9.70. The number of nitrogens with zero attached hydrogens (tertiary/aromatic N) is 1. The maximum Gasteiger partial charge on any atom is 0.292 e. The molecule has 0 saturated heterocycles. The van der Waals surface area contributed by atoms with Crippen LogP contribution in [0.5, 0.6) is 0 Å². The first-order valence-electron chi connectivity index (χ1n) is 5.98. The number of hydrogen-bond acceptors (Lipinski definition) is 4. The SMILES string of the molecule is Cc1c(C(=O)Nc2sccc2C#N)oc2ccccc12. The Labute approximate surface area is 119 Å². The zero-order valence-corrected chi connectivity index (χ0v) is 11.5. The maximum absolute atomic E-state index is 12.3. The van der Waals surface area contributed by atoms with E-state index in [0.29, 0.717) is 16.1 Å². The van der Waals surface area contributed by atoms with Crippen LogP contribution in [0.2, 0.25) is 0 Å². The second kappa shape index (κ2) is 4.83. The Balaban J connectivity index is 1.97. The summed E-state index contributed by atoms with van der Waals surface area (Å²) in [5, 5.41) is 14.9. The Morgan fingerprint density at radius 3 is 2.90 bits per heavy atom. The van der Waals surface area contributed by atoms with E-state index in [1.54, 1.807) is 11.4 Å². The van der Waals surface area contributed by atoms with Gasteiger partial charge in [-0.15, -0.1) is 11.3 Å². The number of furan rings is 1. The normalized spacial score (nSPS) is 10.4. The fraction of sp³-hybridized carbons (Fsp3) is 0.0667. The van der Waals surface area contributed by atoms with Crippen molar-refractivity contribution in [2.75, 3.05) is 5.32 Å². The van der Waals surface area contributed by atoms with E-state index in [1.165, 1.54) is 11.3 Å². The monoisotopic (exact) mass is 282 g/mol. The Morgan fingerprint density at radius 2 is 2.15 bits per heavy atom.